The molecule has 1 amide bonds. The molecule has 0 aliphatic rings. The number of carbonyl (C=O) groups is 1. The maximum atomic E-state index is 13.0. The van der Waals surface area contributed by atoms with Gasteiger partial charge in [-0.2, -0.15) is 0 Å². The molecule has 4 nitrogen and oxygen atoms in total. The molecule has 154 valence electrons. The van der Waals surface area contributed by atoms with Gasteiger partial charge < -0.3 is 15.2 Å². The van der Waals surface area contributed by atoms with Crippen molar-refractivity contribution in [2.24, 2.45) is 0 Å². The number of nitrogens with one attached hydrogen (secondary N) is 2. The van der Waals surface area contributed by atoms with Crippen LogP contribution in [0.1, 0.15) is 35.5 Å². The Morgan fingerprint density at radius 1 is 0.933 bits per heavy atom. The van der Waals surface area contributed by atoms with Crippen molar-refractivity contribution >= 4 is 33.3 Å². The highest BCUT2D eigenvalue weighted by Gasteiger charge is 2.19. The first kappa shape index (κ1) is 20.0. The topological polar surface area (TPSA) is 46.1 Å². The highest BCUT2D eigenvalue weighted by Crippen LogP contribution is 2.27. The summed E-state index contributed by atoms with van der Waals surface area (Å²) in [5, 5.41) is 10.1. The van der Waals surface area contributed by atoms with Gasteiger partial charge in [-0.3, -0.25) is 4.79 Å². The van der Waals surface area contributed by atoms with E-state index >= 15 is 0 Å². The lowest BCUT2D eigenvalue weighted by molar-refractivity contribution is 0.0946. The van der Waals surface area contributed by atoms with E-state index in [9.17, 15) is 4.79 Å². The van der Waals surface area contributed by atoms with Crippen LogP contribution in [0.2, 0.25) is 0 Å². The molecular weight excluding hydrogens is 370 g/mol. The van der Waals surface area contributed by atoms with Crippen LogP contribution in [0.15, 0.2) is 60.7 Å². The number of aryl methyl sites for hydroxylation is 3. The number of fused-ring (bicyclic) bond motifs is 2. The Morgan fingerprint density at radius 3 is 2.53 bits per heavy atom. The van der Waals surface area contributed by atoms with Crippen LogP contribution in [0.25, 0.3) is 21.7 Å². The van der Waals surface area contributed by atoms with Crippen molar-refractivity contribution in [2.75, 3.05) is 18.4 Å². The quantitative estimate of drug-likeness (QED) is 0.402. The lowest BCUT2D eigenvalue weighted by Crippen LogP contribution is -2.30. The van der Waals surface area contributed by atoms with E-state index in [1.54, 1.807) is 0 Å². The smallest absolute Gasteiger partial charge is 0.268 e. The first-order chi connectivity index (χ1) is 14.6. The minimum Gasteiger partial charge on any atom is -0.383 e. The van der Waals surface area contributed by atoms with Crippen molar-refractivity contribution in [3.8, 4) is 0 Å². The molecule has 1 aromatic heterocycles. The van der Waals surface area contributed by atoms with Gasteiger partial charge >= 0.3 is 0 Å². The van der Waals surface area contributed by atoms with E-state index in [1.165, 1.54) is 21.7 Å². The fourth-order valence-corrected chi connectivity index (χ4v) is 4.25. The number of hydrogen-bond donors (Lipinski definition) is 2. The standard InChI is InChI=1S/C26H29N3O/c1-4-19-13-14-24-22(17-19)18(3)25(29(24)5-2)26(30)28-16-15-27-23-12-8-10-20-9-6-7-11-21(20)23/h6-14,17,27H,4-5,15-16H2,1-3H3,(H,28,30). The number of anilines is 1. The predicted molar refractivity (Wildman–Crippen MR) is 126 cm³/mol. The number of nitrogens with zero attached hydrogens (tertiary/aromatic N) is 1. The van der Waals surface area contributed by atoms with Crippen molar-refractivity contribution in [3.63, 3.8) is 0 Å². The molecule has 4 rings (SSSR count). The Morgan fingerprint density at radius 2 is 1.73 bits per heavy atom. The van der Waals surface area contributed by atoms with Gasteiger partial charge in [0.05, 0.1) is 0 Å². The second-order valence-electron chi connectivity index (χ2n) is 7.63. The molecule has 0 unspecified atom stereocenters. The molecule has 1 heterocycles. The zero-order valence-electron chi connectivity index (χ0n) is 18.0. The molecule has 0 bridgehead atoms. The lowest BCUT2D eigenvalue weighted by atomic mass is 10.1. The molecule has 0 saturated heterocycles. The minimum atomic E-state index is -0.0108. The maximum absolute atomic E-state index is 13.0. The van der Waals surface area contributed by atoms with Gasteiger partial charge in [-0.25, -0.2) is 0 Å². The summed E-state index contributed by atoms with van der Waals surface area (Å²) in [6, 6.07) is 21.1. The number of hydrogen-bond acceptors (Lipinski definition) is 2. The third-order valence-electron chi connectivity index (χ3n) is 5.84. The molecular formula is C26H29N3O. The molecule has 3 aromatic carbocycles. The van der Waals surface area contributed by atoms with Gasteiger partial charge in [-0.15, -0.1) is 0 Å². The molecule has 0 aliphatic heterocycles. The lowest BCUT2D eigenvalue weighted by Gasteiger charge is -2.12. The Balaban J connectivity index is 1.48. The van der Waals surface area contributed by atoms with E-state index in [0.29, 0.717) is 13.1 Å². The van der Waals surface area contributed by atoms with Gasteiger partial charge in [0.2, 0.25) is 0 Å². The third-order valence-corrected chi connectivity index (χ3v) is 5.84. The maximum Gasteiger partial charge on any atom is 0.268 e. The summed E-state index contributed by atoms with van der Waals surface area (Å²) in [6.45, 7) is 8.30. The monoisotopic (exact) mass is 399 g/mol. The first-order valence-electron chi connectivity index (χ1n) is 10.8. The van der Waals surface area contributed by atoms with Gasteiger partial charge in [0.15, 0.2) is 0 Å². The van der Waals surface area contributed by atoms with Crippen molar-refractivity contribution < 1.29 is 4.79 Å². The van der Waals surface area contributed by atoms with Crippen LogP contribution in [0.4, 0.5) is 5.69 Å². The molecule has 4 aromatic rings. The van der Waals surface area contributed by atoms with Crippen LogP contribution in [-0.4, -0.2) is 23.6 Å². The summed E-state index contributed by atoms with van der Waals surface area (Å²) in [6.07, 6.45) is 0.994. The van der Waals surface area contributed by atoms with Crippen LogP contribution >= 0.6 is 0 Å². The van der Waals surface area contributed by atoms with E-state index in [1.807, 2.05) is 12.1 Å². The SMILES string of the molecule is CCc1ccc2c(c1)c(C)c(C(=O)NCCNc1cccc3ccccc13)n2CC. The minimum absolute atomic E-state index is 0.0108. The number of amides is 1. The van der Waals surface area contributed by atoms with Gasteiger partial charge in [0.1, 0.15) is 5.69 Å². The number of carbonyl (C=O) groups excluding carboxylic acids is 1. The van der Waals surface area contributed by atoms with E-state index in [0.717, 1.165) is 35.4 Å². The summed E-state index contributed by atoms with van der Waals surface area (Å²) >= 11 is 0. The van der Waals surface area contributed by atoms with Crippen LogP contribution in [-0.2, 0) is 13.0 Å². The summed E-state index contributed by atoms with van der Waals surface area (Å²) in [7, 11) is 0. The summed E-state index contributed by atoms with van der Waals surface area (Å²) in [4.78, 5) is 13.0. The fraction of sp³-hybridized carbons (Fsp3) is 0.269. The molecule has 0 atom stereocenters. The Hall–Kier alpha value is -3.27. The van der Waals surface area contributed by atoms with Crippen LogP contribution in [0, 0.1) is 6.92 Å². The molecule has 0 aliphatic carbocycles. The number of benzene rings is 3. The Kier molecular flexibility index (Phi) is 5.75. The second-order valence-corrected chi connectivity index (χ2v) is 7.63. The largest absolute Gasteiger partial charge is 0.383 e. The second kappa shape index (κ2) is 8.62. The molecule has 2 N–H and O–H groups in total. The average molecular weight is 400 g/mol. The molecule has 0 radical (unpaired) electrons. The van der Waals surface area contributed by atoms with E-state index in [2.05, 4.69) is 84.5 Å². The highest BCUT2D eigenvalue weighted by molar-refractivity contribution is 6.02. The normalized spacial score (nSPS) is 11.2. The zero-order chi connectivity index (χ0) is 21.1. The molecule has 0 saturated carbocycles. The van der Waals surface area contributed by atoms with Gasteiger partial charge in [-0.1, -0.05) is 49.4 Å². The predicted octanol–water partition coefficient (Wildman–Crippen LogP) is 5.53. The fourth-order valence-electron chi connectivity index (χ4n) is 4.25. The zero-order valence-corrected chi connectivity index (χ0v) is 18.0. The number of aromatic nitrogens is 1. The third kappa shape index (κ3) is 3.65. The highest BCUT2D eigenvalue weighted by atomic mass is 16.1. The van der Waals surface area contributed by atoms with Crippen LogP contribution in [0.5, 0.6) is 0 Å². The van der Waals surface area contributed by atoms with Crippen LogP contribution < -0.4 is 10.6 Å². The van der Waals surface area contributed by atoms with Gasteiger partial charge in [0, 0.05) is 41.6 Å². The van der Waals surface area contributed by atoms with Crippen molar-refractivity contribution in [2.45, 2.75) is 33.7 Å². The summed E-state index contributed by atoms with van der Waals surface area (Å²) < 4.78 is 2.12. The molecule has 30 heavy (non-hydrogen) atoms. The number of rotatable bonds is 7. The van der Waals surface area contributed by atoms with Crippen molar-refractivity contribution in [1.29, 1.82) is 0 Å². The van der Waals surface area contributed by atoms with E-state index in [-0.39, 0.29) is 5.91 Å². The van der Waals surface area contributed by atoms with E-state index in [4.69, 9.17) is 0 Å². The van der Waals surface area contributed by atoms with Gasteiger partial charge in [-0.05, 0) is 55.0 Å². The molecule has 0 spiro atoms. The Labute approximate surface area is 177 Å². The average Bonchev–Trinajstić information content (AvgIpc) is 3.07. The van der Waals surface area contributed by atoms with Crippen LogP contribution in [0.3, 0.4) is 0 Å². The van der Waals surface area contributed by atoms with Gasteiger partial charge in [0.25, 0.3) is 5.91 Å². The van der Waals surface area contributed by atoms with Crippen molar-refractivity contribution in [3.05, 3.63) is 77.5 Å². The van der Waals surface area contributed by atoms with Crippen molar-refractivity contribution in [1.82, 2.24) is 9.88 Å². The Bertz CT molecular complexity index is 1200. The molecule has 0 fully saturated rings. The molecule has 4 heteroatoms. The first-order valence-corrected chi connectivity index (χ1v) is 10.8. The summed E-state index contributed by atoms with van der Waals surface area (Å²) in [5.41, 5.74) is 5.34. The summed E-state index contributed by atoms with van der Waals surface area (Å²) in [5.74, 6) is -0.0108. The van der Waals surface area contributed by atoms with E-state index < -0.39 is 0 Å².